The number of carbonyl (C=O) groups excluding carboxylic acids is 2. The number of alkyl halides is 3. The molecule has 1 aliphatic carbocycles. The molecular weight excluding hydrogens is 327 g/mol. The third-order valence-electron chi connectivity index (χ3n) is 3.58. The van der Waals surface area contributed by atoms with Gasteiger partial charge >= 0.3 is 12.3 Å². The molecule has 0 aromatic heterocycles. The Hall–Kier alpha value is -2.51. The summed E-state index contributed by atoms with van der Waals surface area (Å²) in [6.07, 6.45) is -2.99. The van der Waals surface area contributed by atoms with Gasteiger partial charge in [0.2, 0.25) is 0 Å². The zero-order chi connectivity index (χ0) is 17.9. The maximum absolute atomic E-state index is 12.1. The van der Waals surface area contributed by atoms with Crippen LogP contribution < -0.4 is 10.1 Å². The lowest BCUT2D eigenvalue weighted by Gasteiger charge is -2.26. The van der Waals surface area contributed by atoms with Crippen LogP contribution in [-0.2, 0) is 14.3 Å². The highest BCUT2D eigenvalue weighted by atomic mass is 19.4. The van der Waals surface area contributed by atoms with Gasteiger partial charge in [-0.25, -0.2) is 0 Å². The molecule has 24 heavy (non-hydrogen) atoms. The molecule has 1 aromatic rings. The van der Waals surface area contributed by atoms with Gasteiger partial charge in [0, 0.05) is 17.5 Å². The average molecular weight is 343 g/mol. The van der Waals surface area contributed by atoms with E-state index in [1.165, 1.54) is 37.5 Å². The van der Waals surface area contributed by atoms with Gasteiger partial charge in [-0.05, 0) is 36.6 Å². The standard InChI is InChI=1S/C16H16F3NO4/c1-9-7-11(8-13(21)14(9)15(22)23-2)20-10-3-5-12(6-4-10)24-16(17,18)19/h3-6,8-9,14,20H,7H2,1-2H3. The molecule has 0 radical (unpaired) electrons. The highest BCUT2D eigenvalue weighted by molar-refractivity contribution is 6.06. The Balaban J connectivity index is 2.06. The topological polar surface area (TPSA) is 64.6 Å². The molecule has 0 amide bonds. The first kappa shape index (κ1) is 17.8. The van der Waals surface area contributed by atoms with E-state index in [2.05, 4.69) is 14.8 Å². The van der Waals surface area contributed by atoms with Crippen molar-refractivity contribution in [3.8, 4) is 5.75 Å². The Bertz CT molecular complexity index is 652. The number of nitrogens with one attached hydrogen (secondary N) is 1. The lowest BCUT2D eigenvalue weighted by atomic mass is 9.82. The zero-order valence-electron chi connectivity index (χ0n) is 13.0. The molecule has 0 spiro atoms. The summed E-state index contributed by atoms with van der Waals surface area (Å²) in [4.78, 5) is 23.7. The summed E-state index contributed by atoms with van der Waals surface area (Å²) in [6, 6.07) is 5.15. The molecule has 1 aliphatic rings. The number of hydrogen-bond donors (Lipinski definition) is 1. The molecule has 0 saturated carbocycles. The van der Waals surface area contributed by atoms with Crippen molar-refractivity contribution in [3.63, 3.8) is 0 Å². The van der Waals surface area contributed by atoms with E-state index in [0.717, 1.165) is 0 Å². The maximum Gasteiger partial charge on any atom is 0.573 e. The molecule has 0 heterocycles. The lowest BCUT2D eigenvalue weighted by molar-refractivity contribution is -0.274. The number of methoxy groups -OCH3 is 1. The minimum absolute atomic E-state index is 0.245. The van der Waals surface area contributed by atoms with E-state index < -0.39 is 18.2 Å². The van der Waals surface area contributed by atoms with E-state index in [-0.39, 0.29) is 17.5 Å². The van der Waals surface area contributed by atoms with Crippen molar-refractivity contribution in [1.29, 1.82) is 0 Å². The van der Waals surface area contributed by atoms with E-state index in [1.54, 1.807) is 6.92 Å². The highest BCUT2D eigenvalue weighted by Crippen LogP contribution is 2.30. The number of allylic oxidation sites excluding steroid dienone is 2. The van der Waals surface area contributed by atoms with Gasteiger partial charge in [-0.1, -0.05) is 6.92 Å². The Morgan fingerprint density at radius 1 is 1.25 bits per heavy atom. The van der Waals surface area contributed by atoms with Crippen molar-refractivity contribution in [1.82, 2.24) is 0 Å². The quantitative estimate of drug-likeness (QED) is 0.671. The molecule has 130 valence electrons. The number of ketones is 1. The molecule has 8 heteroatoms. The van der Waals surface area contributed by atoms with Gasteiger partial charge < -0.3 is 14.8 Å². The largest absolute Gasteiger partial charge is 0.573 e. The normalized spacial score (nSPS) is 21.0. The second-order valence-corrected chi connectivity index (χ2v) is 5.45. The van der Waals surface area contributed by atoms with E-state index in [0.29, 0.717) is 17.8 Å². The van der Waals surface area contributed by atoms with Gasteiger partial charge in [0.25, 0.3) is 0 Å². The number of carbonyl (C=O) groups is 2. The monoisotopic (exact) mass is 343 g/mol. The molecular formula is C16H16F3NO4. The molecule has 1 aromatic carbocycles. The minimum atomic E-state index is -4.74. The van der Waals surface area contributed by atoms with Gasteiger partial charge in [-0.15, -0.1) is 13.2 Å². The van der Waals surface area contributed by atoms with Crippen LogP contribution in [-0.4, -0.2) is 25.2 Å². The van der Waals surface area contributed by atoms with Crippen LogP contribution in [0, 0.1) is 11.8 Å². The average Bonchev–Trinajstić information content (AvgIpc) is 2.47. The van der Waals surface area contributed by atoms with Gasteiger partial charge in [-0.3, -0.25) is 9.59 Å². The number of hydrogen-bond acceptors (Lipinski definition) is 5. The van der Waals surface area contributed by atoms with Gasteiger partial charge in [-0.2, -0.15) is 0 Å². The van der Waals surface area contributed by atoms with E-state index in [4.69, 9.17) is 0 Å². The third-order valence-corrected chi connectivity index (χ3v) is 3.58. The van der Waals surface area contributed by atoms with Crippen LogP contribution in [0.1, 0.15) is 13.3 Å². The van der Waals surface area contributed by atoms with Crippen LogP contribution in [0.25, 0.3) is 0 Å². The molecule has 2 atom stereocenters. The van der Waals surface area contributed by atoms with Gasteiger partial charge in [0.1, 0.15) is 11.7 Å². The van der Waals surface area contributed by atoms with Crippen LogP contribution in [0.3, 0.4) is 0 Å². The molecule has 5 nitrogen and oxygen atoms in total. The summed E-state index contributed by atoms with van der Waals surface area (Å²) in [5.74, 6) is -2.34. The smallest absolute Gasteiger partial charge is 0.468 e. The van der Waals surface area contributed by atoms with Crippen LogP contribution in [0.2, 0.25) is 0 Å². The zero-order valence-corrected chi connectivity index (χ0v) is 13.0. The fourth-order valence-corrected chi connectivity index (χ4v) is 2.55. The Kier molecular flexibility index (Phi) is 5.16. The number of esters is 1. The molecule has 0 fully saturated rings. The third kappa shape index (κ3) is 4.50. The predicted octanol–water partition coefficient (Wildman–Crippen LogP) is 3.28. The molecule has 0 saturated heterocycles. The maximum atomic E-state index is 12.1. The first-order valence-corrected chi connectivity index (χ1v) is 7.14. The van der Waals surface area contributed by atoms with Crippen molar-refractivity contribution < 1.29 is 32.2 Å². The summed E-state index contributed by atoms with van der Waals surface area (Å²) in [7, 11) is 1.23. The highest BCUT2D eigenvalue weighted by Gasteiger charge is 2.36. The first-order chi connectivity index (χ1) is 11.2. The SMILES string of the molecule is COC(=O)C1C(=O)C=C(Nc2ccc(OC(F)(F)F)cc2)CC1C. The first-order valence-electron chi connectivity index (χ1n) is 7.14. The van der Waals surface area contributed by atoms with E-state index >= 15 is 0 Å². The van der Waals surface area contributed by atoms with Gasteiger partial charge in [0.15, 0.2) is 5.78 Å². The summed E-state index contributed by atoms with van der Waals surface area (Å²) < 4.78 is 44.7. The number of benzene rings is 1. The summed E-state index contributed by atoms with van der Waals surface area (Å²) in [6.45, 7) is 1.76. The van der Waals surface area contributed by atoms with Crippen molar-refractivity contribution in [2.24, 2.45) is 11.8 Å². The Morgan fingerprint density at radius 3 is 2.38 bits per heavy atom. The minimum Gasteiger partial charge on any atom is -0.468 e. The summed E-state index contributed by atoms with van der Waals surface area (Å²) in [5, 5.41) is 2.96. The van der Waals surface area contributed by atoms with Crippen LogP contribution in [0.5, 0.6) is 5.75 Å². The predicted molar refractivity (Wildman–Crippen MR) is 79.1 cm³/mol. The van der Waals surface area contributed by atoms with Crippen molar-refractivity contribution in [2.75, 3.05) is 12.4 Å². The number of anilines is 1. The second kappa shape index (κ2) is 6.94. The van der Waals surface area contributed by atoms with Crippen LogP contribution in [0.15, 0.2) is 36.0 Å². The second-order valence-electron chi connectivity index (χ2n) is 5.45. The van der Waals surface area contributed by atoms with Crippen molar-refractivity contribution in [3.05, 3.63) is 36.0 Å². The van der Waals surface area contributed by atoms with Crippen LogP contribution >= 0.6 is 0 Å². The van der Waals surface area contributed by atoms with E-state index in [1.807, 2.05) is 0 Å². The van der Waals surface area contributed by atoms with E-state index in [9.17, 15) is 22.8 Å². The molecule has 0 bridgehead atoms. The fourth-order valence-electron chi connectivity index (χ4n) is 2.55. The number of halogens is 3. The Morgan fingerprint density at radius 2 is 1.88 bits per heavy atom. The summed E-state index contributed by atoms with van der Waals surface area (Å²) >= 11 is 0. The molecule has 2 unspecified atom stereocenters. The molecule has 0 aliphatic heterocycles. The van der Waals surface area contributed by atoms with Crippen molar-refractivity contribution in [2.45, 2.75) is 19.7 Å². The summed E-state index contributed by atoms with van der Waals surface area (Å²) in [5.41, 5.74) is 1.09. The Labute approximate surface area is 136 Å². The molecule has 1 N–H and O–H groups in total. The van der Waals surface area contributed by atoms with Crippen LogP contribution in [0.4, 0.5) is 18.9 Å². The fraction of sp³-hybridized carbons (Fsp3) is 0.375. The number of rotatable bonds is 4. The van der Waals surface area contributed by atoms with Crippen molar-refractivity contribution >= 4 is 17.4 Å². The molecule has 2 rings (SSSR count). The van der Waals surface area contributed by atoms with Gasteiger partial charge in [0.05, 0.1) is 7.11 Å². The number of ether oxygens (including phenoxy) is 2. The lowest BCUT2D eigenvalue weighted by Crippen LogP contribution is -2.34.